The van der Waals surface area contributed by atoms with E-state index in [-0.39, 0.29) is 23.3 Å². The molecule has 2 unspecified atom stereocenters. The van der Waals surface area contributed by atoms with Gasteiger partial charge >= 0.3 is 0 Å². The molecule has 4 atom stereocenters. The minimum atomic E-state index is -3.36. The number of carbonyl (C=O) groups excluding carboxylic acids is 3. The summed E-state index contributed by atoms with van der Waals surface area (Å²) in [5, 5.41) is 20.5. The van der Waals surface area contributed by atoms with E-state index in [9.17, 15) is 28.3 Å². The molecule has 0 saturated heterocycles. The van der Waals surface area contributed by atoms with Crippen LogP contribution in [0.5, 0.6) is 0 Å². The number of benzene rings is 1. The van der Waals surface area contributed by atoms with E-state index in [4.69, 9.17) is 10.9 Å². The topological polar surface area (TPSA) is 142 Å². The number of hydrogen-bond acceptors (Lipinski definition) is 5. The minimum absolute atomic E-state index is 0.0365. The molecule has 0 bridgehead atoms. The zero-order valence-electron chi connectivity index (χ0n) is 15.5. The van der Waals surface area contributed by atoms with Gasteiger partial charge in [0.2, 0.25) is 5.91 Å². The van der Waals surface area contributed by atoms with Gasteiger partial charge in [-0.15, -0.1) is 0 Å². The van der Waals surface area contributed by atoms with Crippen LogP contribution in [0.2, 0.25) is 0 Å². The van der Waals surface area contributed by atoms with Crippen LogP contribution in [0.25, 0.3) is 0 Å². The third-order valence-electron chi connectivity index (χ3n) is 4.61. The molecule has 0 spiro atoms. The molecule has 1 aliphatic rings. The molecule has 0 heterocycles. The summed E-state index contributed by atoms with van der Waals surface area (Å²) in [6, 6.07) is 3.71. The zero-order valence-corrected chi connectivity index (χ0v) is 15.5. The van der Waals surface area contributed by atoms with Gasteiger partial charge in [0.25, 0.3) is 18.2 Å². The van der Waals surface area contributed by atoms with E-state index in [0.717, 1.165) is 11.9 Å². The fraction of sp³-hybridized carbons (Fsp3) is 0.421. The van der Waals surface area contributed by atoms with Crippen molar-refractivity contribution in [2.45, 2.75) is 37.8 Å². The van der Waals surface area contributed by atoms with Crippen LogP contribution < -0.4 is 16.5 Å². The zero-order chi connectivity index (χ0) is 21.8. The lowest BCUT2D eigenvalue weighted by Gasteiger charge is -2.30. The van der Waals surface area contributed by atoms with Crippen molar-refractivity contribution >= 4 is 17.7 Å². The van der Waals surface area contributed by atoms with Crippen molar-refractivity contribution in [1.29, 1.82) is 0 Å². The standard InChI is InChI=1S/C19H21F2N3O5/c1-19(28,18(20)21)15(17(27)24-29)23-16(26)11-5-2-10(3-6-11)4-7-12-8-13(12)9-14(22)25/h2-3,5-6,12-13,15,18,28-29H,8-9H2,1H3,(H2,22,25)(H,23,26)(H,24,27)/t12?,13?,15-,19+/m1/s1. The number of hydroxylamine groups is 1. The molecule has 1 aromatic rings. The Bertz CT molecular complexity index is 846. The average molecular weight is 409 g/mol. The van der Waals surface area contributed by atoms with Crippen molar-refractivity contribution in [2.24, 2.45) is 17.6 Å². The molecule has 0 aromatic heterocycles. The van der Waals surface area contributed by atoms with Crippen molar-refractivity contribution < 1.29 is 33.5 Å². The second-order valence-corrected chi connectivity index (χ2v) is 7.03. The number of halogens is 2. The van der Waals surface area contributed by atoms with Gasteiger partial charge in [-0.05, 0) is 43.5 Å². The Morgan fingerprint density at radius 1 is 1.31 bits per heavy atom. The van der Waals surface area contributed by atoms with Crippen LogP contribution in [0.3, 0.4) is 0 Å². The Labute approximate surface area is 165 Å². The molecule has 8 nitrogen and oxygen atoms in total. The molecule has 3 amide bonds. The van der Waals surface area contributed by atoms with Crippen LogP contribution in [-0.4, -0.2) is 46.1 Å². The Kier molecular flexibility index (Phi) is 6.89. The monoisotopic (exact) mass is 409 g/mol. The molecule has 6 N–H and O–H groups in total. The Morgan fingerprint density at radius 3 is 2.45 bits per heavy atom. The number of hydrogen-bond donors (Lipinski definition) is 5. The highest BCUT2D eigenvalue weighted by atomic mass is 19.3. The highest BCUT2D eigenvalue weighted by Crippen LogP contribution is 2.40. The van der Waals surface area contributed by atoms with Crippen molar-refractivity contribution in [3.63, 3.8) is 0 Å². The highest BCUT2D eigenvalue weighted by molar-refractivity contribution is 5.97. The summed E-state index contributed by atoms with van der Waals surface area (Å²) in [6.45, 7) is 0.667. The van der Waals surface area contributed by atoms with Gasteiger partial charge in [0, 0.05) is 23.5 Å². The van der Waals surface area contributed by atoms with Crippen molar-refractivity contribution in [3.05, 3.63) is 35.4 Å². The van der Waals surface area contributed by atoms with Gasteiger partial charge in [0.15, 0.2) is 5.60 Å². The van der Waals surface area contributed by atoms with Gasteiger partial charge in [-0.1, -0.05) is 11.8 Å². The van der Waals surface area contributed by atoms with Crippen LogP contribution in [0.1, 0.15) is 35.7 Å². The first-order valence-electron chi connectivity index (χ1n) is 8.71. The van der Waals surface area contributed by atoms with Crippen molar-refractivity contribution in [1.82, 2.24) is 10.8 Å². The van der Waals surface area contributed by atoms with E-state index in [1.165, 1.54) is 24.3 Å². The van der Waals surface area contributed by atoms with E-state index in [2.05, 4.69) is 11.8 Å². The fourth-order valence-electron chi connectivity index (χ4n) is 2.67. The van der Waals surface area contributed by atoms with E-state index >= 15 is 0 Å². The molecule has 0 aliphatic heterocycles. The summed E-state index contributed by atoms with van der Waals surface area (Å²) < 4.78 is 26.0. The molecule has 1 aromatic carbocycles. The number of rotatable bonds is 7. The van der Waals surface area contributed by atoms with Crippen LogP contribution >= 0.6 is 0 Å². The number of alkyl halides is 2. The minimum Gasteiger partial charge on any atom is -0.381 e. The van der Waals surface area contributed by atoms with Gasteiger partial charge in [-0.3, -0.25) is 19.6 Å². The van der Waals surface area contributed by atoms with Crippen LogP contribution in [0.15, 0.2) is 24.3 Å². The number of carbonyl (C=O) groups is 3. The molecule has 1 saturated carbocycles. The van der Waals surface area contributed by atoms with Crippen molar-refractivity contribution in [2.75, 3.05) is 0 Å². The molecular weight excluding hydrogens is 388 g/mol. The normalized spacial score (nSPS) is 20.6. The molecule has 0 radical (unpaired) electrons. The Balaban J connectivity index is 2.04. The first kappa shape index (κ1) is 22.3. The Morgan fingerprint density at radius 2 is 1.93 bits per heavy atom. The third-order valence-corrected chi connectivity index (χ3v) is 4.61. The largest absolute Gasteiger partial charge is 0.381 e. The molecule has 10 heteroatoms. The molecule has 2 rings (SSSR count). The lowest BCUT2D eigenvalue weighted by atomic mass is 9.95. The van der Waals surface area contributed by atoms with E-state index in [1.807, 2.05) is 5.32 Å². The smallest absolute Gasteiger partial charge is 0.269 e. The van der Waals surface area contributed by atoms with E-state index in [1.54, 1.807) is 0 Å². The summed E-state index contributed by atoms with van der Waals surface area (Å²) >= 11 is 0. The van der Waals surface area contributed by atoms with Gasteiger partial charge in [0.05, 0.1) is 0 Å². The van der Waals surface area contributed by atoms with E-state index in [0.29, 0.717) is 18.9 Å². The second kappa shape index (κ2) is 8.98. The average Bonchev–Trinajstić information content (AvgIpc) is 3.40. The van der Waals surface area contributed by atoms with E-state index < -0.39 is 29.9 Å². The van der Waals surface area contributed by atoms with Gasteiger partial charge < -0.3 is 16.2 Å². The summed E-state index contributed by atoms with van der Waals surface area (Å²) in [6.07, 6.45) is -2.26. The maximum Gasteiger partial charge on any atom is 0.269 e. The number of aliphatic hydroxyl groups is 1. The maximum atomic E-state index is 13.0. The molecular formula is C19H21F2N3O5. The van der Waals surface area contributed by atoms with Crippen LogP contribution in [0.4, 0.5) is 8.78 Å². The van der Waals surface area contributed by atoms with Crippen LogP contribution in [-0.2, 0) is 9.59 Å². The van der Waals surface area contributed by atoms with Gasteiger partial charge in [-0.25, -0.2) is 14.3 Å². The third kappa shape index (κ3) is 5.73. The number of amides is 3. The Hall–Kier alpha value is -3.03. The molecule has 29 heavy (non-hydrogen) atoms. The number of nitrogens with two attached hydrogens (primary N) is 1. The first-order valence-corrected chi connectivity index (χ1v) is 8.71. The molecule has 1 fully saturated rings. The molecule has 1 aliphatic carbocycles. The fourth-order valence-corrected chi connectivity index (χ4v) is 2.67. The number of primary amides is 1. The lowest BCUT2D eigenvalue weighted by Crippen LogP contribution is -2.61. The first-order chi connectivity index (χ1) is 13.6. The van der Waals surface area contributed by atoms with Crippen LogP contribution in [0, 0.1) is 23.7 Å². The van der Waals surface area contributed by atoms with Gasteiger partial charge in [0.1, 0.15) is 6.04 Å². The summed E-state index contributed by atoms with van der Waals surface area (Å²) in [7, 11) is 0. The van der Waals surface area contributed by atoms with Gasteiger partial charge in [-0.2, -0.15) is 0 Å². The summed E-state index contributed by atoms with van der Waals surface area (Å²) in [5.41, 5.74) is 4.00. The number of nitrogens with one attached hydrogen (secondary N) is 2. The second-order valence-electron chi connectivity index (χ2n) is 7.03. The SMILES string of the molecule is C[C@@](O)(C(F)F)[C@H](NC(=O)c1ccc(C#CC2CC2CC(N)=O)cc1)C(=O)NO. The predicted octanol–water partition coefficient (Wildman–Crippen LogP) is 0.170. The van der Waals surface area contributed by atoms with Crippen molar-refractivity contribution in [3.8, 4) is 11.8 Å². The molecule has 156 valence electrons. The highest BCUT2D eigenvalue weighted by Gasteiger charge is 2.46. The lowest BCUT2D eigenvalue weighted by molar-refractivity contribution is -0.149. The maximum absolute atomic E-state index is 13.0. The quantitative estimate of drug-likeness (QED) is 0.248. The predicted molar refractivity (Wildman–Crippen MR) is 96.5 cm³/mol. The summed E-state index contributed by atoms with van der Waals surface area (Å²) in [5.74, 6) is 3.53. The summed E-state index contributed by atoms with van der Waals surface area (Å²) in [4.78, 5) is 34.7.